The minimum absolute atomic E-state index is 0.0348. The smallest absolute Gasteiger partial charge is 0.229 e. The van der Waals surface area contributed by atoms with Gasteiger partial charge in [0.25, 0.3) is 0 Å². The van der Waals surface area contributed by atoms with E-state index in [2.05, 4.69) is 54.3 Å². The predicted octanol–water partition coefficient (Wildman–Crippen LogP) is 3.28. The van der Waals surface area contributed by atoms with Crippen LogP contribution in [0.4, 0.5) is 17.5 Å². The van der Waals surface area contributed by atoms with E-state index in [9.17, 15) is 8.42 Å². The van der Waals surface area contributed by atoms with Gasteiger partial charge in [0.1, 0.15) is 5.82 Å². The molecule has 0 radical (unpaired) electrons. The third kappa shape index (κ3) is 3.98. The van der Waals surface area contributed by atoms with Gasteiger partial charge in [-0.05, 0) is 36.5 Å². The van der Waals surface area contributed by atoms with Gasteiger partial charge in [0.2, 0.25) is 5.95 Å². The first-order valence-electron chi connectivity index (χ1n) is 8.89. The molecule has 1 aromatic heterocycles. The zero-order valence-electron chi connectivity index (χ0n) is 15.7. The molecule has 2 heterocycles. The summed E-state index contributed by atoms with van der Waals surface area (Å²) in [6, 6.07) is 8.01. The molecule has 1 aliphatic heterocycles. The first-order valence-corrected chi connectivity index (χ1v) is 10.7. The Bertz CT molecular complexity index is 896. The van der Waals surface area contributed by atoms with E-state index >= 15 is 0 Å². The molecular formula is C19H26N4O2S. The Morgan fingerprint density at radius 1 is 1.27 bits per heavy atom. The van der Waals surface area contributed by atoms with E-state index in [1.165, 1.54) is 5.56 Å². The summed E-state index contributed by atoms with van der Waals surface area (Å²) in [6.07, 6.45) is 2.35. The maximum Gasteiger partial charge on any atom is 0.229 e. The van der Waals surface area contributed by atoms with Gasteiger partial charge < -0.3 is 10.2 Å². The number of nitrogens with one attached hydrogen (secondary N) is 1. The summed E-state index contributed by atoms with van der Waals surface area (Å²) in [7, 11) is -1.03. The van der Waals surface area contributed by atoms with E-state index in [0.29, 0.717) is 18.3 Å². The number of aryl methyl sites for hydroxylation is 1. The van der Waals surface area contributed by atoms with Gasteiger partial charge in [0, 0.05) is 25.0 Å². The minimum Gasteiger partial charge on any atom is -0.355 e. The van der Waals surface area contributed by atoms with E-state index in [0.717, 1.165) is 17.1 Å². The zero-order valence-corrected chi connectivity index (χ0v) is 16.5. The second-order valence-corrected chi connectivity index (χ2v) is 9.45. The molecule has 0 amide bonds. The standard InChI is InChI=1S/C19H26N4O2S/c1-13(2)16-7-5-6-14(3)18(16)22-19-20-10-8-17(21-19)23(4)15-9-11-26(24,25)12-15/h5-8,10,13,15H,9,11-12H2,1-4H3,(H,20,21,22). The molecule has 26 heavy (non-hydrogen) atoms. The number of hydrogen-bond donors (Lipinski definition) is 1. The fourth-order valence-corrected chi connectivity index (χ4v) is 5.10. The number of benzene rings is 1. The van der Waals surface area contributed by atoms with Crippen molar-refractivity contribution in [1.82, 2.24) is 9.97 Å². The maximum atomic E-state index is 11.8. The number of para-hydroxylation sites is 1. The van der Waals surface area contributed by atoms with E-state index in [4.69, 9.17) is 0 Å². The molecule has 6 nitrogen and oxygen atoms in total. The maximum absolute atomic E-state index is 11.8. The monoisotopic (exact) mass is 374 g/mol. The molecule has 1 saturated heterocycles. The molecule has 2 aromatic rings. The van der Waals surface area contributed by atoms with Crippen LogP contribution in [0, 0.1) is 6.92 Å². The van der Waals surface area contributed by atoms with Crippen molar-refractivity contribution in [1.29, 1.82) is 0 Å². The molecule has 0 saturated carbocycles. The highest BCUT2D eigenvalue weighted by atomic mass is 32.2. The topological polar surface area (TPSA) is 75.2 Å². The fourth-order valence-electron chi connectivity index (χ4n) is 3.33. The number of aromatic nitrogens is 2. The summed E-state index contributed by atoms with van der Waals surface area (Å²) in [6.45, 7) is 6.38. The van der Waals surface area contributed by atoms with Crippen LogP contribution in [-0.4, -0.2) is 43.0 Å². The highest BCUT2D eigenvalue weighted by Gasteiger charge is 2.31. The molecule has 3 rings (SSSR count). The molecule has 1 unspecified atom stereocenters. The van der Waals surface area contributed by atoms with Crippen LogP contribution >= 0.6 is 0 Å². The Hall–Kier alpha value is -2.15. The summed E-state index contributed by atoms with van der Waals surface area (Å²) < 4.78 is 23.5. The largest absolute Gasteiger partial charge is 0.355 e. The molecule has 1 aromatic carbocycles. The van der Waals surface area contributed by atoms with Gasteiger partial charge in [0.15, 0.2) is 9.84 Å². The number of anilines is 3. The summed E-state index contributed by atoms with van der Waals surface area (Å²) in [5.74, 6) is 2.06. The number of hydrogen-bond acceptors (Lipinski definition) is 6. The van der Waals surface area contributed by atoms with Crippen molar-refractivity contribution in [3.05, 3.63) is 41.6 Å². The molecule has 0 aliphatic carbocycles. The van der Waals surface area contributed by atoms with Crippen molar-refractivity contribution >= 4 is 27.3 Å². The van der Waals surface area contributed by atoms with Crippen molar-refractivity contribution in [2.24, 2.45) is 0 Å². The van der Waals surface area contributed by atoms with Crippen LogP contribution in [0.25, 0.3) is 0 Å². The van der Waals surface area contributed by atoms with Crippen LogP contribution in [0.3, 0.4) is 0 Å². The number of sulfone groups is 1. The van der Waals surface area contributed by atoms with E-state index in [-0.39, 0.29) is 17.5 Å². The summed E-state index contributed by atoms with van der Waals surface area (Å²) in [5, 5.41) is 3.36. The fraction of sp³-hybridized carbons (Fsp3) is 0.474. The zero-order chi connectivity index (χ0) is 18.9. The third-order valence-corrected chi connectivity index (χ3v) is 6.67. The lowest BCUT2D eigenvalue weighted by atomic mass is 9.98. The quantitative estimate of drug-likeness (QED) is 0.866. The molecular weight excluding hydrogens is 348 g/mol. The Balaban J connectivity index is 1.85. The predicted molar refractivity (Wildman–Crippen MR) is 106 cm³/mol. The van der Waals surface area contributed by atoms with Gasteiger partial charge in [-0.3, -0.25) is 0 Å². The second kappa shape index (κ2) is 7.23. The average Bonchev–Trinajstić information content (AvgIpc) is 2.96. The summed E-state index contributed by atoms with van der Waals surface area (Å²) in [4.78, 5) is 10.9. The van der Waals surface area contributed by atoms with Crippen molar-refractivity contribution in [2.75, 3.05) is 28.8 Å². The molecule has 1 N–H and O–H groups in total. The molecule has 7 heteroatoms. The molecule has 140 valence electrons. The van der Waals surface area contributed by atoms with Crippen LogP contribution < -0.4 is 10.2 Å². The first-order chi connectivity index (χ1) is 12.3. The molecule has 1 atom stereocenters. The van der Waals surface area contributed by atoms with Gasteiger partial charge in [-0.15, -0.1) is 0 Å². The molecule has 1 fully saturated rings. The molecule has 0 spiro atoms. The minimum atomic E-state index is -2.93. The molecule has 0 bridgehead atoms. The number of nitrogens with zero attached hydrogens (tertiary/aromatic N) is 3. The average molecular weight is 375 g/mol. The van der Waals surface area contributed by atoms with Crippen molar-refractivity contribution < 1.29 is 8.42 Å². The van der Waals surface area contributed by atoms with Gasteiger partial charge in [-0.25, -0.2) is 13.4 Å². The number of rotatable bonds is 5. The lowest BCUT2D eigenvalue weighted by Crippen LogP contribution is -2.33. The Labute approximate surface area is 155 Å². The highest BCUT2D eigenvalue weighted by molar-refractivity contribution is 7.91. The van der Waals surface area contributed by atoms with E-state index in [1.807, 2.05) is 18.0 Å². The Kier molecular flexibility index (Phi) is 5.18. The van der Waals surface area contributed by atoms with Crippen molar-refractivity contribution in [2.45, 2.75) is 39.2 Å². The highest BCUT2D eigenvalue weighted by Crippen LogP contribution is 2.30. The Morgan fingerprint density at radius 3 is 2.69 bits per heavy atom. The normalized spacial score (nSPS) is 18.9. The van der Waals surface area contributed by atoms with Crippen LogP contribution in [0.2, 0.25) is 0 Å². The lowest BCUT2D eigenvalue weighted by molar-refractivity contribution is 0.600. The second-order valence-electron chi connectivity index (χ2n) is 7.23. The van der Waals surface area contributed by atoms with Gasteiger partial charge in [-0.2, -0.15) is 4.98 Å². The SMILES string of the molecule is Cc1cccc(C(C)C)c1Nc1nccc(N(C)C2CCS(=O)(=O)C2)n1. The van der Waals surface area contributed by atoms with Crippen LogP contribution in [0.1, 0.15) is 37.3 Å². The van der Waals surface area contributed by atoms with E-state index < -0.39 is 9.84 Å². The third-order valence-electron chi connectivity index (χ3n) is 4.92. The van der Waals surface area contributed by atoms with Crippen molar-refractivity contribution in [3.8, 4) is 0 Å². The van der Waals surface area contributed by atoms with Crippen LogP contribution in [0.15, 0.2) is 30.5 Å². The lowest BCUT2D eigenvalue weighted by Gasteiger charge is -2.25. The first kappa shape index (κ1) is 18.6. The molecule has 1 aliphatic rings. The van der Waals surface area contributed by atoms with Gasteiger partial charge >= 0.3 is 0 Å². The summed E-state index contributed by atoms with van der Waals surface area (Å²) in [5.41, 5.74) is 3.39. The Morgan fingerprint density at radius 2 is 2.04 bits per heavy atom. The van der Waals surface area contributed by atoms with Gasteiger partial charge in [0.05, 0.1) is 11.5 Å². The van der Waals surface area contributed by atoms with Crippen LogP contribution in [-0.2, 0) is 9.84 Å². The summed E-state index contributed by atoms with van der Waals surface area (Å²) >= 11 is 0. The van der Waals surface area contributed by atoms with E-state index in [1.54, 1.807) is 6.20 Å². The van der Waals surface area contributed by atoms with Crippen LogP contribution in [0.5, 0.6) is 0 Å². The van der Waals surface area contributed by atoms with Crippen molar-refractivity contribution in [3.63, 3.8) is 0 Å². The van der Waals surface area contributed by atoms with Gasteiger partial charge in [-0.1, -0.05) is 32.0 Å².